The molecule has 2 aromatic rings. The minimum atomic E-state index is -0.276. The third-order valence-corrected chi connectivity index (χ3v) is 6.28. The first-order valence-corrected chi connectivity index (χ1v) is 11.0. The van der Waals surface area contributed by atoms with Crippen LogP contribution < -0.4 is 5.32 Å². The molecule has 1 aromatic carbocycles. The molecular formula is C23H28FN5O3. The SMILES string of the molecule is Cc1nonc1NC(=O)CN1CCC([C@@H]2CC=CCN(Cc3ccc(F)cc3)C2=O)CC1. The van der Waals surface area contributed by atoms with E-state index in [0.29, 0.717) is 24.6 Å². The number of likely N-dealkylation sites (tertiary alicyclic amines) is 1. The summed E-state index contributed by atoms with van der Waals surface area (Å²) in [4.78, 5) is 29.5. The van der Waals surface area contributed by atoms with Crippen LogP contribution in [0.25, 0.3) is 0 Å². The third-order valence-electron chi connectivity index (χ3n) is 6.28. The van der Waals surface area contributed by atoms with Gasteiger partial charge in [-0.2, -0.15) is 0 Å². The number of anilines is 1. The second-order valence-electron chi connectivity index (χ2n) is 8.52. The molecule has 1 atom stereocenters. The van der Waals surface area contributed by atoms with Crippen LogP contribution in [-0.2, 0) is 16.1 Å². The molecule has 2 amide bonds. The van der Waals surface area contributed by atoms with Crippen molar-refractivity contribution in [3.63, 3.8) is 0 Å². The molecule has 170 valence electrons. The molecule has 0 aliphatic carbocycles. The quantitative estimate of drug-likeness (QED) is 0.693. The maximum atomic E-state index is 13.3. The number of aryl methyl sites for hydroxylation is 1. The van der Waals surface area contributed by atoms with E-state index in [-0.39, 0.29) is 36.0 Å². The molecule has 3 heterocycles. The van der Waals surface area contributed by atoms with Crippen molar-refractivity contribution in [3.05, 3.63) is 53.5 Å². The van der Waals surface area contributed by atoms with E-state index in [0.717, 1.165) is 37.9 Å². The lowest BCUT2D eigenvalue weighted by Gasteiger charge is -2.36. The Morgan fingerprint density at radius 3 is 2.62 bits per heavy atom. The predicted octanol–water partition coefficient (Wildman–Crippen LogP) is 2.77. The second kappa shape index (κ2) is 10.0. The first-order valence-electron chi connectivity index (χ1n) is 11.0. The van der Waals surface area contributed by atoms with Gasteiger partial charge in [0.25, 0.3) is 0 Å². The lowest BCUT2D eigenvalue weighted by atomic mass is 9.81. The normalized spacial score (nSPS) is 20.4. The molecule has 0 radical (unpaired) electrons. The van der Waals surface area contributed by atoms with Crippen molar-refractivity contribution in [1.82, 2.24) is 20.1 Å². The van der Waals surface area contributed by atoms with Crippen LogP contribution in [0.1, 0.15) is 30.5 Å². The standard InChI is InChI=1S/C23H28FN5O3/c1-16-22(27-32-26-16)25-21(30)15-28-12-9-18(10-13-28)20-4-2-3-11-29(23(20)31)14-17-5-7-19(24)8-6-17/h2-3,5-8,18,20H,4,9-15H2,1H3,(H,25,27,30)/t20-/m0/s1. The number of nitrogens with one attached hydrogen (secondary N) is 1. The van der Waals surface area contributed by atoms with Gasteiger partial charge in [0, 0.05) is 19.0 Å². The van der Waals surface area contributed by atoms with Gasteiger partial charge in [-0.25, -0.2) is 9.02 Å². The minimum absolute atomic E-state index is 0.0611. The molecule has 1 saturated heterocycles. The first-order chi connectivity index (χ1) is 15.5. The lowest BCUT2D eigenvalue weighted by molar-refractivity contribution is -0.138. The summed E-state index contributed by atoms with van der Waals surface area (Å²) in [6, 6.07) is 6.31. The van der Waals surface area contributed by atoms with Gasteiger partial charge in [-0.1, -0.05) is 29.4 Å². The highest BCUT2D eigenvalue weighted by Crippen LogP contribution is 2.31. The van der Waals surface area contributed by atoms with Crippen LogP contribution in [0.4, 0.5) is 10.2 Å². The number of piperidine rings is 1. The van der Waals surface area contributed by atoms with Crippen LogP contribution in [0.3, 0.4) is 0 Å². The molecule has 4 rings (SSSR count). The molecule has 1 fully saturated rings. The zero-order valence-electron chi connectivity index (χ0n) is 18.2. The van der Waals surface area contributed by atoms with Crippen LogP contribution in [-0.4, -0.2) is 58.1 Å². The Balaban J connectivity index is 1.30. The fourth-order valence-electron chi connectivity index (χ4n) is 4.45. The van der Waals surface area contributed by atoms with Gasteiger partial charge in [-0.15, -0.1) is 0 Å². The van der Waals surface area contributed by atoms with Gasteiger partial charge in [0.1, 0.15) is 11.5 Å². The summed E-state index contributed by atoms with van der Waals surface area (Å²) in [6.07, 6.45) is 6.62. The summed E-state index contributed by atoms with van der Waals surface area (Å²) in [5, 5.41) is 10.1. The zero-order chi connectivity index (χ0) is 22.5. The van der Waals surface area contributed by atoms with E-state index in [4.69, 9.17) is 0 Å². The van der Waals surface area contributed by atoms with E-state index >= 15 is 0 Å². The van der Waals surface area contributed by atoms with E-state index in [9.17, 15) is 14.0 Å². The molecule has 0 spiro atoms. The molecule has 9 heteroatoms. The molecule has 0 saturated carbocycles. The monoisotopic (exact) mass is 441 g/mol. The number of nitrogens with zero attached hydrogens (tertiary/aromatic N) is 4. The number of benzene rings is 1. The van der Waals surface area contributed by atoms with Gasteiger partial charge in [0.2, 0.25) is 11.8 Å². The average molecular weight is 442 g/mol. The molecule has 2 aliphatic heterocycles. The highest BCUT2D eigenvalue weighted by molar-refractivity contribution is 5.91. The van der Waals surface area contributed by atoms with Crippen LogP contribution in [0.2, 0.25) is 0 Å². The summed E-state index contributed by atoms with van der Waals surface area (Å²) in [5.41, 5.74) is 1.47. The van der Waals surface area contributed by atoms with E-state index in [1.807, 2.05) is 11.0 Å². The fraction of sp³-hybridized carbons (Fsp3) is 0.478. The minimum Gasteiger partial charge on any atom is -0.334 e. The van der Waals surface area contributed by atoms with Crippen molar-refractivity contribution in [2.45, 2.75) is 32.7 Å². The van der Waals surface area contributed by atoms with Gasteiger partial charge < -0.3 is 10.2 Å². The molecule has 8 nitrogen and oxygen atoms in total. The molecule has 2 aliphatic rings. The number of carbonyl (C=O) groups is 2. The van der Waals surface area contributed by atoms with Gasteiger partial charge in [0.15, 0.2) is 5.82 Å². The highest BCUT2D eigenvalue weighted by Gasteiger charge is 2.34. The van der Waals surface area contributed by atoms with Crippen molar-refractivity contribution in [3.8, 4) is 0 Å². The highest BCUT2D eigenvalue weighted by atomic mass is 19.1. The number of rotatable bonds is 6. The number of aromatic nitrogens is 2. The summed E-state index contributed by atoms with van der Waals surface area (Å²) in [7, 11) is 0. The smallest absolute Gasteiger partial charge is 0.239 e. The number of hydrogen-bond donors (Lipinski definition) is 1. The van der Waals surface area contributed by atoms with Crippen molar-refractivity contribution in [2.75, 3.05) is 31.5 Å². The van der Waals surface area contributed by atoms with E-state index in [1.165, 1.54) is 12.1 Å². The third kappa shape index (κ3) is 5.40. The summed E-state index contributed by atoms with van der Waals surface area (Å²) in [6.45, 7) is 4.57. The number of halogens is 1. The molecular weight excluding hydrogens is 413 g/mol. The predicted molar refractivity (Wildman–Crippen MR) is 116 cm³/mol. The van der Waals surface area contributed by atoms with Crippen LogP contribution in [0, 0.1) is 24.6 Å². The number of carbonyl (C=O) groups excluding carboxylic acids is 2. The Bertz CT molecular complexity index is 966. The summed E-state index contributed by atoms with van der Waals surface area (Å²) < 4.78 is 17.8. The largest absolute Gasteiger partial charge is 0.334 e. The van der Waals surface area contributed by atoms with Crippen molar-refractivity contribution in [2.24, 2.45) is 11.8 Å². The van der Waals surface area contributed by atoms with Gasteiger partial charge in [-0.05, 0) is 68.0 Å². The van der Waals surface area contributed by atoms with Crippen molar-refractivity contribution >= 4 is 17.6 Å². The van der Waals surface area contributed by atoms with Crippen molar-refractivity contribution in [1.29, 1.82) is 0 Å². The molecule has 32 heavy (non-hydrogen) atoms. The lowest BCUT2D eigenvalue weighted by Crippen LogP contribution is -2.44. The van der Waals surface area contributed by atoms with Gasteiger partial charge in [0.05, 0.1) is 6.54 Å². The Kier molecular flexibility index (Phi) is 6.94. The first kappa shape index (κ1) is 22.1. The Hall–Kier alpha value is -3.07. The van der Waals surface area contributed by atoms with Crippen LogP contribution in [0.5, 0.6) is 0 Å². The maximum Gasteiger partial charge on any atom is 0.239 e. The van der Waals surface area contributed by atoms with Crippen LogP contribution in [0.15, 0.2) is 41.0 Å². The van der Waals surface area contributed by atoms with E-state index in [2.05, 4.69) is 31.2 Å². The van der Waals surface area contributed by atoms with E-state index < -0.39 is 0 Å². The zero-order valence-corrected chi connectivity index (χ0v) is 18.2. The maximum absolute atomic E-state index is 13.3. The number of amides is 2. The molecule has 1 aromatic heterocycles. The van der Waals surface area contributed by atoms with Crippen molar-refractivity contribution < 1.29 is 18.6 Å². The Morgan fingerprint density at radius 1 is 1.19 bits per heavy atom. The fourth-order valence-corrected chi connectivity index (χ4v) is 4.45. The number of hydrogen-bond acceptors (Lipinski definition) is 6. The van der Waals surface area contributed by atoms with E-state index in [1.54, 1.807) is 19.1 Å². The molecule has 0 unspecified atom stereocenters. The molecule has 0 bridgehead atoms. The van der Waals surface area contributed by atoms with Gasteiger partial charge >= 0.3 is 0 Å². The van der Waals surface area contributed by atoms with Gasteiger partial charge in [-0.3, -0.25) is 14.5 Å². The summed E-state index contributed by atoms with van der Waals surface area (Å²) in [5.74, 6) is 0.297. The topological polar surface area (TPSA) is 91.6 Å². The molecule has 1 N–H and O–H groups in total. The second-order valence-corrected chi connectivity index (χ2v) is 8.52. The average Bonchev–Trinajstić information content (AvgIpc) is 3.09. The Labute approximate surface area is 186 Å². The number of allylic oxidation sites excluding steroid dienone is 1. The van der Waals surface area contributed by atoms with Crippen LogP contribution >= 0.6 is 0 Å². The summed E-state index contributed by atoms with van der Waals surface area (Å²) >= 11 is 0. The Morgan fingerprint density at radius 2 is 1.94 bits per heavy atom.